The largest absolute Gasteiger partial charge is 0.316 e. The minimum Gasteiger partial charge on any atom is -0.127 e. The van der Waals surface area contributed by atoms with Crippen LogP contribution in [-0.2, 0) is 0 Å². The van der Waals surface area contributed by atoms with Gasteiger partial charge in [-0.1, -0.05) is 6.92 Å². The fourth-order valence-corrected chi connectivity index (χ4v) is 0. The fraction of sp³-hybridized carbons (Fsp3) is 1.00. The Bertz CT molecular complexity index is 6.00. The molecule has 0 unspecified atom stereocenters. The van der Waals surface area contributed by atoms with Gasteiger partial charge in [0.25, 0.3) is 0 Å². The van der Waals surface area contributed by atoms with Crippen LogP contribution in [0.25, 0.3) is 0 Å². The maximum Gasteiger partial charge on any atom is 0.316 e. The highest BCUT2D eigenvalue weighted by Gasteiger charge is 1.38. The average Bonchev–Trinajstić information content (AvgIpc) is 0.918. The molecule has 0 spiro atoms. The summed E-state index contributed by atoms with van der Waals surface area (Å²) in [4.78, 5) is 0. The highest BCUT2D eigenvalue weighted by molar-refractivity contribution is 6.17. The minimum atomic E-state index is 0. The lowest BCUT2D eigenvalue weighted by Crippen LogP contribution is -1.36. The second-order valence-electron chi connectivity index (χ2n) is 0.267. The maximum absolute atomic E-state index is 5.00. The van der Waals surface area contributed by atoms with Crippen molar-refractivity contribution in [1.82, 2.24) is 0 Å². The van der Waals surface area contributed by atoms with Gasteiger partial charge in [0.15, 0.2) is 0 Å². The first kappa shape index (κ1) is 8.91. The van der Waals surface area contributed by atoms with Crippen LogP contribution in [0.3, 0.4) is 0 Å². The molecule has 0 aliphatic heterocycles. The predicted molar refractivity (Wildman–Crippen MR) is 24.9 cm³/mol. The average molecular weight is 90.8 g/mol. The molecule has 4 heavy (non-hydrogen) atoms. The molecule has 2 heteroatoms. The van der Waals surface area contributed by atoms with E-state index < -0.39 is 0 Å². The smallest absolute Gasteiger partial charge is 0.127 e. The van der Waals surface area contributed by atoms with Crippen LogP contribution in [0.1, 0.15) is 6.92 Å². The lowest BCUT2D eigenvalue weighted by molar-refractivity contribution is 1.51. The summed E-state index contributed by atoms with van der Waals surface area (Å²) in [6, 6.07) is 0. The molecule has 0 aromatic carbocycles. The first-order chi connectivity index (χ1) is 1.41. The number of halogens is 1. The molecular formula is C2H7ClMg. The normalized spacial score (nSPS) is 4.50. The lowest BCUT2D eigenvalue weighted by atomic mass is 11.0. The minimum absolute atomic E-state index is 0. The summed E-state index contributed by atoms with van der Waals surface area (Å²) in [5.74, 6) is 0.722. The Balaban J connectivity index is 0. The van der Waals surface area contributed by atoms with E-state index >= 15 is 0 Å². The molecule has 0 saturated carbocycles. The molecule has 0 atom stereocenters. The van der Waals surface area contributed by atoms with Gasteiger partial charge in [-0.2, -0.15) is 0 Å². The van der Waals surface area contributed by atoms with Gasteiger partial charge in [-0.25, -0.2) is 0 Å². The van der Waals surface area contributed by atoms with Crippen LogP contribution in [0.2, 0.25) is 0 Å². The monoisotopic (exact) mass is 90.0 g/mol. The summed E-state index contributed by atoms with van der Waals surface area (Å²) < 4.78 is 0. The van der Waals surface area contributed by atoms with Crippen molar-refractivity contribution in [1.29, 1.82) is 0 Å². The van der Waals surface area contributed by atoms with Crippen LogP contribution in [-0.4, -0.2) is 28.9 Å². The van der Waals surface area contributed by atoms with Crippen LogP contribution in [0.5, 0.6) is 0 Å². The number of hydrogen-bond donors (Lipinski definition) is 0. The molecule has 0 saturated heterocycles. The maximum atomic E-state index is 5.00. The van der Waals surface area contributed by atoms with Crippen molar-refractivity contribution >= 4 is 34.7 Å². The summed E-state index contributed by atoms with van der Waals surface area (Å²) in [7, 11) is 0. The van der Waals surface area contributed by atoms with Crippen molar-refractivity contribution in [3.63, 3.8) is 0 Å². The van der Waals surface area contributed by atoms with E-state index in [2.05, 4.69) is 0 Å². The van der Waals surface area contributed by atoms with E-state index in [0.717, 1.165) is 5.88 Å². The van der Waals surface area contributed by atoms with E-state index in [4.69, 9.17) is 11.6 Å². The standard InChI is InChI=1S/C2H5Cl.Mg.2H/c1-2-3;;;/h2H2,1H3;;;. The third-order valence-corrected chi connectivity index (χ3v) is 0. The van der Waals surface area contributed by atoms with Crippen molar-refractivity contribution in [2.45, 2.75) is 6.92 Å². The third-order valence-electron chi connectivity index (χ3n) is 0. The predicted octanol–water partition coefficient (Wildman–Crippen LogP) is 0.329. The zero-order valence-corrected chi connectivity index (χ0v) is 2.84. The molecule has 0 radical (unpaired) electrons. The van der Waals surface area contributed by atoms with E-state index in [1.54, 1.807) is 0 Å². The van der Waals surface area contributed by atoms with E-state index in [-0.39, 0.29) is 23.1 Å². The van der Waals surface area contributed by atoms with Crippen molar-refractivity contribution < 1.29 is 0 Å². The van der Waals surface area contributed by atoms with Crippen LogP contribution < -0.4 is 0 Å². The SMILES string of the molecule is CCCl.[MgH2]. The topological polar surface area (TPSA) is 0 Å². The molecule has 0 rings (SSSR count). The molecule has 0 fully saturated rings. The summed E-state index contributed by atoms with van der Waals surface area (Å²) in [6.45, 7) is 1.89. The second kappa shape index (κ2) is 8.96. The molecule has 0 N–H and O–H groups in total. The van der Waals surface area contributed by atoms with E-state index in [9.17, 15) is 0 Å². The molecule has 24 valence electrons. The first-order valence-electron chi connectivity index (χ1n) is 0.974. The molecule has 0 nitrogen and oxygen atoms in total. The zero-order chi connectivity index (χ0) is 2.71. The first-order valence-corrected chi connectivity index (χ1v) is 1.51. The highest BCUT2D eigenvalue weighted by atomic mass is 35.5. The van der Waals surface area contributed by atoms with Crippen molar-refractivity contribution in [2.75, 3.05) is 5.88 Å². The summed E-state index contributed by atoms with van der Waals surface area (Å²) >= 11 is 5.00. The van der Waals surface area contributed by atoms with Gasteiger partial charge in [0, 0.05) is 5.88 Å². The Morgan fingerprint density at radius 2 is 1.75 bits per heavy atom. The van der Waals surface area contributed by atoms with E-state index in [0.29, 0.717) is 0 Å². The van der Waals surface area contributed by atoms with Crippen molar-refractivity contribution in [2.24, 2.45) is 0 Å². The van der Waals surface area contributed by atoms with Gasteiger partial charge in [0.05, 0.1) is 0 Å². The summed E-state index contributed by atoms with van der Waals surface area (Å²) in [5, 5.41) is 0. The van der Waals surface area contributed by atoms with Crippen molar-refractivity contribution in [3.05, 3.63) is 0 Å². The molecule has 0 aliphatic rings. The Morgan fingerprint density at radius 3 is 1.75 bits per heavy atom. The zero-order valence-electron chi connectivity index (χ0n) is 2.09. The van der Waals surface area contributed by atoms with Crippen LogP contribution in [0.4, 0.5) is 0 Å². The molecular weight excluding hydrogens is 83.8 g/mol. The lowest BCUT2D eigenvalue weighted by Gasteiger charge is -1.45. The number of rotatable bonds is 0. The van der Waals surface area contributed by atoms with Gasteiger partial charge in [0.2, 0.25) is 0 Å². The molecule has 0 aromatic rings. The third kappa shape index (κ3) is 11.6. The fourth-order valence-electron chi connectivity index (χ4n) is 0. The Morgan fingerprint density at radius 1 is 1.75 bits per heavy atom. The van der Waals surface area contributed by atoms with Crippen LogP contribution in [0.15, 0.2) is 0 Å². The van der Waals surface area contributed by atoms with E-state index in [1.807, 2.05) is 6.92 Å². The molecule has 0 aliphatic carbocycles. The van der Waals surface area contributed by atoms with E-state index in [1.165, 1.54) is 0 Å². The van der Waals surface area contributed by atoms with Gasteiger partial charge in [-0.3, -0.25) is 0 Å². The Hall–Kier alpha value is 1.06. The molecule has 0 amide bonds. The highest BCUT2D eigenvalue weighted by Crippen LogP contribution is 1.59. The molecule has 0 aromatic heterocycles. The van der Waals surface area contributed by atoms with Crippen LogP contribution in [0, 0.1) is 0 Å². The Labute approximate surface area is 47.7 Å². The van der Waals surface area contributed by atoms with Gasteiger partial charge in [0.1, 0.15) is 0 Å². The van der Waals surface area contributed by atoms with Gasteiger partial charge in [-0.05, 0) is 0 Å². The molecule has 0 heterocycles. The van der Waals surface area contributed by atoms with Gasteiger partial charge < -0.3 is 0 Å². The number of alkyl halides is 1. The second-order valence-corrected chi connectivity index (χ2v) is 0.802. The molecule has 0 bridgehead atoms. The summed E-state index contributed by atoms with van der Waals surface area (Å²) in [5.41, 5.74) is 0. The quantitative estimate of drug-likeness (QED) is 0.297. The summed E-state index contributed by atoms with van der Waals surface area (Å²) in [6.07, 6.45) is 0. The van der Waals surface area contributed by atoms with Crippen molar-refractivity contribution in [3.8, 4) is 0 Å². The van der Waals surface area contributed by atoms with Crippen LogP contribution >= 0.6 is 11.6 Å². The van der Waals surface area contributed by atoms with Gasteiger partial charge >= 0.3 is 23.1 Å². The number of hydrogen-bond acceptors (Lipinski definition) is 0. The Kier molecular flexibility index (Phi) is 20.0. The van der Waals surface area contributed by atoms with Gasteiger partial charge in [-0.15, -0.1) is 11.6 Å².